The van der Waals surface area contributed by atoms with Crippen LogP contribution in [0.5, 0.6) is 0 Å². The molecule has 0 aromatic carbocycles. The molecule has 0 aliphatic carbocycles. The van der Waals surface area contributed by atoms with E-state index in [9.17, 15) is 5.11 Å². The van der Waals surface area contributed by atoms with Crippen LogP contribution in [0.1, 0.15) is 30.9 Å². The molecule has 0 bridgehead atoms. The van der Waals surface area contributed by atoms with Gasteiger partial charge in [0, 0.05) is 18.9 Å². The summed E-state index contributed by atoms with van der Waals surface area (Å²) in [7, 11) is 2.11. The van der Waals surface area contributed by atoms with E-state index in [1.54, 1.807) is 13.1 Å². The summed E-state index contributed by atoms with van der Waals surface area (Å²) in [5.41, 5.74) is 0. The van der Waals surface area contributed by atoms with Gasteiger partial charge in [0.05, 0.1) is 12.3 Å². The van der Waals surface area contributed by atoms with Gasteiger partial charge in [-0.15, -0.1) is 0 Å². The molecule has 1 saturated heterocycles. The number of likely N-dealkylation sites (N-methyl/N-ethyl adjacent to an activating group) is 1. The van der Waals surface area contributed by atoms with E-state index in [4.69, 9.17) is 4.42 Å². The van der Waals surface area contributed by atoms with Gasteiger partial charge in [0.1, 0.15) is 5.76 Å². The van der Waals surface area contributed by atoms with Gasteiger partial charge in [-0.05, 0) is 26.9 Å². The van der Waals surface area contributed by atoms with Gasteiger partial charge in [-0.25, -0.2) is 4.98 Å². The Morgan fingerprint density at radius 2 is 2.53 bits per heavy atom. The number of hydrogen-bond donors (Lipinski definition) is 1. The second-order valence-corrected chi connectivity index (χ2v) is 4.47. The lowest BCUT2D eigenvalue weighted by molar-refractivity contribution is 0.186. The molecule has 1 aliphatic heterocycles. The van der Waals surface area contributed by atoms with E-state index in [1.165, 1.54) is 0 Å². The molecule has 0 radical (unpaired) electrons. The number of aliphatic hydroxyl groups is 1. The highest BCUT2D eigenvalue weighted by molar-refractivity contribution is 5.02. The van der Waals surface area contributed by atoms with Crippen LogP contribution in [0, 0.1) is 0 Å². The van der Waals surface area contributed by atoms with Crippen LogP contribution in [-0.2, 0) is 6.42 Å². The first-order chi connectivity index (χ1) is 7.15. The van der Waals surface area contributed by atoms with E-state index < -0.39 is 0 Å². The van der Waals surface area contributed by atoms with Crippen LogP contribution < -0.4 is 0 Å². The second kappa shape index (κ2) is 4.33. The van der Waals surface area contributed by atoms with Crippen LogP contribution in [0.4, 0.5) is 0 Å². The highest BCUT2D eigenvalue weighted by Gasteiger charge is 2.25. The highest BCUT2D eigenvalue weighted by atomic mass is 16.4. The first-order valence-electron chi connectivity index (χ1n) is 5.46. The minimum Gasteiger partial charge on any atom is -0.445 e. The monoisotopic (exact) mass is 210 g/mol. The third kappa shape index (κ3) is 2.58. The zero-order valence-corrected chi connectivity index (χ0v) is 9.31. The molecule has 15 heavy (non-hydrogen) atoms. The van der Waals surface area contributed by atoms with Gasteiger partial charge in [0.15, 0.2) is 5.89 Å². The highest BCUT2D eigenvalue weighted by Crippen LogP contribution is 2.25. The molecule has 0 saturated carbocycles. The summed E-state index contributed by atoms with van der Waals surface area (Å²) in [6.07, 6.45) is 3.04. The third-order valence-corrected chi connectivity index (χ3v) is 2.81. The Morgan fingerprint density at radius 1 is 1.73 bits per heavy atom. The number of aliphatic hydroxyl groups excluding tert-OH is 1. The quantitative estimate of drug-likeness (QED) is 0.809. The van der Waals surface area contributed by atoms with Gasteiger partial charge in [0.25, 0.3) is 0 Å². The average molecular weight is 210 g/mol. The van der Waals surface area contributed by atoms with Crippen molar-refractivity contribution < 1.29 is 9.52 Å². The lowest BCUT2D eigenvalue weighted by Crippen LogP contribution is -2.13. The van der Waals surface area contributed by atoms with Crippen molar-refractivity contribution in [2.45, 2.75) is 31.8 Å². The maximum Gasteiger partial charge on any atom is 0.198 e. The van der Waals surface area contributed by atoms with E-state index >= 15 is 0 Å². The van der Waals surface area contributed by atoms with Crippen molar-refractivity contribution in [1.29, 1.82) is 0 Å². The zero-order valence-electron chi connectivity index (χ0n) is 9.31. The summed E-state index contributed by atoms with van der Waals surface area (Å²) in [5, 5.41) is 9.23. The fourth-order valence-electron chi connectivity index (χ4n) is 2.03. The molecule has 2 heterocycles. The van der Waals surface area contributed by atoms with E-state index in [0.717, 1.165) is 31.2 Å². The van der Waals surface area contributed by atoms with Crippen molar-refractivity contribution in [2.24, 2.45) is 0 Å². The molecule has 0 spiro atoms. The molecule has 1 N–H and O–H groups in total. The minimum atomic E-state index is -0.364. The van der Waals surface area contributed by atoms with Crippen molar-refractivity contribution in [3.05, 3.63) is 17.8 Å². The van der Waals surface area contributed by atoms with Crippen molar-refractivity contribution >= 4 is 0 Å². The van der Waals surface area contributed by atoms with Crippen molar-refractivity contribution in [2.75, 3.05) is 20.1 Å². The molecular formula is C11H18N2O2. The maximum atomic E-state index is 9.23. The van der Waals surface area contributed by atoms with Crippen molar-refractivity contribution in [3.8, 4) is 0 Å². The second-order valence-electron chi connectivity index (χ2n) is 4.47. The van der Waals surface area contributed by atoms with Crippen LogP contribution in [0.2, 0.25) is 0 Å². The molecule has 4 nitrogen and oxygen atoms in total. The summed E-state index contributed by atoms with van der Waals surface area (Å²) in [5.74, 6) is 2.04. The molecule has 1 aromatic heterocycles. The van der Waals surface area contributed by atoms with Crippen LogP contribution in [0.25, 0.3) is 0 Å². The lowest BCUT2D eigenvalue weighted by Gasteiger charge is -2.06. The molecule has 2 unspecified atom stereocenters. The Balaban J connectivity index is 2.00. The van der Waals surface area contributed by atoms with Crippen LogP contribution in [-0.4, -0.2) is 41.2 Å². The Hall–Kier alpha value is -0.870. The standard InChI is InChI=1S/C11H18N2O2/c1-8(14)5-10-6-12-11(15-10)9-3-4-13(2)7-9/h6,8-9,14H,3-5,7H2,1-2H3. The summed E-state index contributed by atoms with van der Waals surface area (Å²) < 4.78 is 5.63. The van der Waals surface area contributed by atoms with Gasteiger partial charge in [-0.2, -0.15) is 0 Å². The predicted molar refractivity (Wildman–Crippen MR) is 56.7 cm³/mol. The van der Waals surface area contributed by atoms with E-state index in [2.05, 4.69) is 16.9 Å². The van der Waals surface area contributed by atoms with Crippen molar-refractivity contribution in [1.82, 2.24) is 9.88 Å². The molecule has 4 heteroatoms. The van der Waals surface area contributed by atoms with Gasteiger partial charge in [0.2, 0.25) is 0 Å². The number of oxazole rings is 1. The number of hydrogen-bond acceptors (Lipinski definition) is 4. The summed E-state index contributed by atoms with van der Waals surface area (Å²) in [6, 6.07) is 0. The van der Waals surface area contributed by atoms with Crippen LogP contribution in [0.15, 0.2) is 10.6 Å². The van der Waals surface area contributed by atoms with Gasteiger partial charge in [-0.3, -0.25) is 0 Å². The Kier molecular flexibility index (Phi) is 3.07. The molecule has 2 rings (SSSR count). The normalized spacial score (nSPS) is 24.6. The summed E-state index contributed by atoms with van der Waals surface area (Å²) in [4.78, 5) is 6.56. The molecular weight excluding hydrogens is 192 g/mol. The maximum absolute atomic E-state index is 9.23. The molecule has 0 amide bonds. The largest absolute Gasteiger partial charge is 0.445 e. The van der Waals surface area contributed by atoms with Gasteiger partial charge >= 0.3 is 0 Å². The smallest absolute Gasteiger partial charge is 0.198 e. The number of likely N-dealkylation sites (tertiary alicyclic amines) is 1. The number of aromatic nitrogens is 1. The number of nitrogens with zero attached hydrogens (tertiary/aromatic N) is 2. The van der Waals surface area contributed by atoms with Crippen molar-refractivity contribution in [3.63, 3.8) is 0 Å². The minimum absolute atomic E-state index is 0.364. The van der Waals surface area contributed by atoms with E-state index in [-0.39, 0.29) is 6.10 Å². The predicted octanol–water partition coefficient (Wildman–Crippen LogP) is 1.02. The van der Waals surface area contributed by atoms with E-state index in [0.29, 0.717) is 12.3 Å². The van der Waals surface area contributed by atoms with Gasteiger partial charge < -0.3 is 14.4 Å². The topological polar surface area (TPSA) is 49.5 Å². The Labute approximate surface area is 89.9 Å². The molecule has 1 aliphatic rings. The van der Waals surface area contributed by atoms with Gasteiger partial charge in [-0.1, -0.05) is 0 Å². The lowest BCUT2D eigenvalue weighted by atomic mass is 10.1. The van der Waals surface area contributed by atoms with Crippen LogP contribution in [0.3, 0.4) is 0 Å². The van der Waals surface area contributed by atoms with E-state index in [1.807, 2.05) is 0 Å². The Bertz CT molecular complexity index is 322. The van der Waals surface area contributed by atoms with Crippen LogP contribution >= 0.6 is 0 Å². The third-order valence-electron chi connectivity index (χ3n) is 2.81. The molecule has 2 atom stereocenters. The SMILES string of the molecule is CC(O)Cc1cnc(C2CCN(C)C2)o1. The number of rotatable bonds is 3. The first-order valence-corrected chi connectivity index (χ1v) is 5.46. The average Bonchev–Trinajstić information content (AvgIpc) is 2.72. The Morgan fingerprint density at radius 3 is 3.13 bits per heavy atom. The molecule has 1 aromatic rings. The molecule has 84 valence electrons. The molecule has 1 fully saturated rings. The fourth-order valence-corrected chi connectivity index (χ4v) is 2.03. The summed E-state index contributed by atoms with van der Waals surface area (Å²) >= 11 is 0. The zero-order chi connectivity index (χ0) is 10.8. The first kappa shape index (κ1) is 10.6. The summed E-state index contributed by atoms with van der Waals surface area (Å²) in [6.45, 7) is 3.89. The fraction of sp³-hybridized carbons (Fsp3) is 0.727.